The smallest absolute Gasteiger partial charge is 0.333 e. The molecule has 11 heteroatoms. The number of phenols is 1. The Hall–Kier alpha value is -4.25. The second-order valence-corrected chi connectivity index (χ2v) is 8.62. The number of aromatic amines is 1. The van der Waals surface area contributed by atoms with Gasteiger partial charge in [0.25, 0.3) is 5.91 Å². The van der Waals surface area contributed by atoms with Crippen LogP contribution in [0.25, 0.3) is 22.4 Å². The molecule has 0 saturated carbocycles. The molecule has 190 valence electrons. The standard InChI is InChI=1S/C26H22ClFN4O5/c27-17-9-10-20(28)19(11-17)16-7-5-15(6-8-16)13-32(14-24(34)26(36)37)31-25(35)22-12-21(29-30-22)18-3-1-2-4-23(18)33/h1-12,24,33-34H,13-14H2,(H,29,30)(H,31,35)(H,36,37). The third-order valence-electron chi connectivity index (χ3n) is 5.51. The van der Waals surface area contributed by atoms with Crippen LogP contribution in [-0.2, 0) is 11.3 Å². The van der Waals surface area contributed by atoms with Crippen LogP contribution < -0.4 is 5.43 Å². The zero-order valence-electron chi connectivity index (χ0n) is 19.2. The highest BCUT2D eigenvalue weighted by Gasteiger charge is 2.22. The molecule has 9 nitrogen and oxygen atoms in total. The van der Waals surface area contributed by atoms with Gasteiger partial charge in [0.15, 0.2) is 6.10 Å². The molecular formula is C26H22ClFN4O5. The average Bonchev–Trinajstić information content (AvgIpc) is 3.36. The molecule has 1 unspecified atom stereocenters. The quantitative estimate of drug-likeness (QED) is 0.210. The fourth-order valence-corrected chi connectivity index (χ4v) is 3.81. The number of phenolic OH excluding ortho intramolecular Hbond substituents is 1. The largest absolute Gasteiger partial charge is 0.507 e. The Morgan fingerprint density at radius 1 is 1.05 bits per heavy atom. The first-order chi connectivity index (χ1) is 17.7. The number of aromatic hydroxyl groups is 1. The third kappa shape index (κ3) is 6.31. The van der Waals surface area contributed by atoms with Gasteiger partial charge in [0.1, 0.15) is 17.3 Å². The Morgan fingerprint density at radius 3 is 2.49 bits per heavy atom. The molecule has 0 fully saturated rings. The lowest BCUT2D eigenvalue weighted by atomic mass is 10.0. The summed E-state index contributed by atoms with van der Waals surface area (Å²) < 4.78 is 14.2. The number of hydrazine groups is 1. The Morgan fingerprint density at radius 2 is 1.78 bits per heavy atom. The van der Waals surface area contributed by atoms with Crippen LogP contribution in [0.3, 0.4) is 0 Å². The number of nitrogens with zero attached hydrogens (tertiary/aromatic N) is 2. The van der Waals surface area contributed by atoms with Crippen LogP contribution in [0, 0.1) is 5.82 Å². The van der Waals surface area contributed by atoms with Crippen molar-refractivity contribution < 1.29 is 29.3 Å². The van der Waals surface area contributed by atoms with E-state index in [9.17, 15) is 24.2 Å². The summed E-state index contributed by atoms with van der Waals surface area (Å²) >= 11 is 5.98. The molecular weight excluding hydrogens is 503 g/mol. The lowest BCUT2D eigenvalue weighted by Crippen LogP contribution is -2.47. The Balaban J connectivity index is 1.51. The normalized spacial score (nSPS) is 11.9. The molecule has 1 amide bonds. The van der Waals surface area contributed by atoms with E-state index in [2.05, 4.69) is 15.6 Å². The number of aliphatic carboxylic acids is 1. The van der Waals surface area contributed by atoms with Crippen LogP contribution >= 0.6 is 11.6 Å². The van der Waals surface area contributed by atoms with E-state index in [1.807, 2.05) is 0 Å². The number of carboxylic acids is 1. The van der Waals surface area contributed by atoms with Gasteiger partial charge in [-0.15, -0.1) is 0 Å². The van der Waals surface area contributed by atoms with Crippen LogP contribution in [0.1, 0.15) is 16.1 Å². The van der Waals surface area contributed by atoms with Gasteiger partial charge in [0, 0.05) is 22.7 Å². The molecule has 4 aromatic rings. The van der Waals surface area contributed by atoms with Crippen molar-refractivity contribution in [2.45, 2.75) is 12.6 Å². The number of aliphatic hydroxyl groups is 1. The number of hydrogen-bond acceptors (Lipinski definition) is 6. The highest BCUT2D eigenvalue weighted by Crippen LogP contribution is 2.28. The van der Waals surface area contributed by atoms with E-state index in [-0.39, 0.29) is 18.0 Å². The molecule has 3 aromatic carbocycles. The molecule has 0 bridgehead atoms. The average molecular weight is 525 g/mol. The van der Waals surface area contributed by atoms with Gasteiger partial charge < -0.3 is 15.3 Å². The summed E-state index contributed by atoms with van der Waals surface area (Å²) in [5.41, 5.74) is 4.95. The van der Waals surface area contributed by atoms with E-state index >= 15 is 0 Å². The van der Waals surface area contributed by atoms with Gasteiger partial charge in [0.2, 0.25) is 0 Å². The molecule has 37 heavy (non-hydrogen) atoms. The first-order valence-electron chi connectivity index (χ1n) is 11.1. The number of amides is 1. The lowest BCUT2D eigenvalue weighted by molar-refractivity contribution is -0.148. The number of H-pyrrole nitrogens is 1. The van der Waals surface area contributed by atoms with E-state index in [4.69, 9.17) is 16.7 Å². The summed E-state index contributed by atoms with van der Waals surface area (Å²) in [5.74, 6) is -2.52. The lowest BCUT2D eigenvalue weighted by Gasteiger charge is -2.24. The van der Waals surface area contributed by atoms with Crippen molar-refractivity contribution in [1.82, 2.24) is 20.6 Å². The zero-order chi connectivity index (χ0) is 26.5. The van der Waals surface area contributed by atoms with Crippen molar-refractivity contribution in [2.24, 2.45) is 0 Å². The number of hydrogen-bond donors (Lipinski definition) is 5. The van der Waals surface area contributed by atoms with Gasteiger partial charge in [-0.05, 0) is 47.5 Å². The minimum Gasteiger partial charge on any atom is -0.507 e. The molecule has 5 N–H and O–H groups in total. The molecule has 0 radical (unpaired) electrons. The predicted molar refractivity (Wildman–Crippen MR) is 134 cm³/mol. The second-order valence-electron chi connectivity index (χ2n) is 8.18. The van der Waals surface area contributed by atoms with E-state index in [1.165, 1.54) is 35.3 Å². The van der Waals surface area contributed by atoms with E-state index < -0.39 is 30.3 Å². The highest BCUT2D eigenvalue weighted by atomic mass is 35.5. The minimum absolute atomic E-state index is 0.00623. The maximum absolute atomic E-state index is 14.2. The van der Waals surface area contributed by atoms with Crippen molar-refractivity contribution in [2.75, 3.05) is 6.54 Å². The van der Waals surface area contributed by atoms with Gasteiger partial charge >= 0.3 is 5.97 Å². The first kappa shape index (κ1) is 25.8. The number of halogens is 2. The van der Waals surface area contributed by atoms with Gasteiger partial charge in [-0.2, -0.15) is 5.10 Å². The number of carbonyl (C=O) groups excluding carboxylic acids is 1. The van der Waals surface area contributed by atoms with Gasteiger partial charge in [-0.1, -0.05) is 48.0 Å². The SMILES string of the molecule is O=C(NN(Cc1ccc(-c2cc(Cl)ccc2F)cc1)CC(O)C(=O)O)c1cc(-c2ccccc2O)n[nH]1. The van der Waals surface area contributed by atoms with E-state index in [1.54, 1.807) is 42.5 Å². The van der Waals surface area contributed by atoms with Crippen LogP contribution in [0.2, 0.25) is 5.02 Å². The van der Waals surface area contributed by atoms with Crippen molar-refractivity contribution in [1.29, 1.82) is 0 Å². The summed E-state index contributed by atoms with van der Waals surface area (Å²) in [6, 6.07) is 18.9. The van der Waals surface area contributed by atoms with Crippen LogP contribution in [0.5, 0.6) is 5.75 Å². The van der Waals surface area contributed by atoms with Gasteiger partial charge in [-0.3, -0.25) is 15.3 Å². The summed E-state index contributed by atoms with van der Waals surface area (Å²) in [6.45, 7) is -0.374. The predicted octanol–water partition coefficient (Wildman–Crippen LogP) is 3.83. The van der Waals surface area contributed by atoms with Crippen LogP contribution in [-0.4, -0.2) is 55.1 Å². The molecule has 1 atom stereocenters. The summed E-state index contributed by atoms with van der Waals surface area (Å²) in [7, 11) is 0. The Labute approximate surface area is 215 Å². The second kappa shape index (κ2) is 11.2. The third-order valence-corrected chi connectivity index (χ3v) is 5.74. The molecule has 0 aliphatic heterocycles. The molecule has 0 aliphatic carbocycles. The van der Waals surface area contributed by atoms with Crippen molar-refractivity contribution in [3.05, 3.63) is 94.9 Å². The van der Waals surface area contributed by atoms with Crippen molar-refractivity contribution in [3.63, 3.8) is 0 Å². The van der Waals surface area contributed by atoms with E-state index in [0.29, 0.717) is 33.0 Å². The fourth-order valence-electron chi connectivity index (χ4n) is 3.64. The van der Waals surface area contributed by atoms with E-state index in [0.717, 1.165) is 0 Å². The van der Waals surface area contributed by atoms with Crippen LogP contribution in [0.15, 0.2) is 72.8 Å². The maximum atomic E-state index is 14.2. The Bertz CT molecular complexity index is 1430. The molecule has 0 spiro atoms. The van der Waals surface area contributed by atoms with Crippen molar-refractivity contribution >= 4 is 23.5 Å². The molecule has 0 aliphatic rings. The number of carbonyl (C=O) groups is 2. The van der Waals surface area contributed by atoms with Crippen molar-refractivity contribution in [3.8, 4) is 28.1 Å². The zero-order valence-corrected chi connectivity index (χ0v) is 20.0. The summed E-state index contributed by atoms with van der Waals surface area (Å²) in [5, 5.41) is 37.3. The van der Waals surface area contributed by atoms with Gasteiger partial charge in [0.05, 0.1) is 12.2 Å². The number of aromatic nitrogens is 2. The van der Waals surface area contributed by atoms with Gasteiger partial charge in [-0.25, -0.2) is 14.2 Å². The first-order valence-corrected chi connectivity index (χ1v) is 11.4. The molecule has 4 rings (SSSR count). The number of para-hydroxylation sites is 1. The molecule has 0 saturated heterocycles. The monoisotopic (exact) mass is 524 g/mol. The molecule has 1 heterocycles. The summed E-state index contributed by atoms with van der Waals surface area (Å²) in [4.78, 5) is 24.1. The number of aliphatic hydroxyl groups excluding tert-OH is 1. The highest BCUT2D eigenvalue weighted by molar-refractivity contribution is 6.30. The number of carboxylic acid groups (broad SMARTS) is 1. The fraction of sp³-hybridized carbons (Fsp3) is 0.115. The Kier molecular flexibility index (Phi) is 7.83. The molecule has 1 aromatic heterocycles. The topological polar surface area (TPSA) is 139 Å². The summed E-state index contributed by atoms with van der Waals surface area (Å²) in [6.07, 6.45) is -1.77. The van der Waals surface area contributed by atoms with Crippen LogP contribution in [0.4, 0.5) is 4.39 Å². The maximum Gasteiger partial charge on any atom is 0.333 e. The number of rotatable bonds is 9. The minimum atomic E-state index is -1.77. The number of nitrogens with one attached hydrogen (secondary N) is 2. The number of benzene rings is 3.